The van der Waals surface area contributed by atoms with E-state index in [0.717, 1.165) is 5.56 Å². The molecule has 0 radical (unpaired) electrons. The maximum absolute atomic E-state index is 9.81. The van der Waals surface area contributed by atoms with E-state index in [-0.39, 0.29) is 12.0 Å². The van der Waals surface area contributed by atoms with Crippen molar-refractivity contribution in [3.63, 3.8) is 0 Å². The lowest BCUT2D eigenvalue weighted by Gasteiger charge is -2.22. The average Bonchev–Trinajstić information content (AvgIpc) is 2.17. The lowest BCUT2D eigenvalue weighted by atomic mass is 9.95. The molecule has 0 amide bonds. The van der Waals surface area contributed by atoms with E-state index in [1.54, 1.807) is 24.5 Å². The molecule has 0 bridgehead atoms. The topological polar surface area (TPSA) is 59.1 Å². The number of hydrogen-bond donors (Lipinski definition) is 2. The first-order chi connectivity index (χ1) is 6.13. The summed E-state index contributed by atoms with van der Waals surface area (Å²) in [4.78, 5) is 3.88. The molecule has 2 atom stereocenters. The van der Waals surface area contributed by atoms with Crippen LogP contribution in [0.1, 0.15) is 25.5 Å². The zero-order valence-corrected chi connectivity index (χ0v) is 8.01. The number of aromatic nitrogens is 1. The van der Waals surface area contributed by atoms with Crippen LogP contribution in [0.3, 0.4) is 0 Å². The molecule has 1 aromatic rings. The van der Waals surface area contributed by atoms with Gasteiger partial charge in [0.15, 0.2) is 0 Å². The molecule has 0 aliphatic heterocycles. The molecule has 3 nitrogen and oxygen atoms in total. The van der Waals surface area contributed by atoms with Gasteiger partial charge >= 0.3 is 0 Å². The Labute approximate surface area is 78.6 Å². The van der Waals surface area contributed by atoms with Crippen LogP contribution in [0.5, 0.6) is 0 Å². The predicted molar refractivity (Wildman–Crippen MR) is 52.0 cm³/mol. The van der Waals surface area contributed by atoms with Crippen molar-refractivity contribution in [2.24, 2.45) is 11.7 Å². The molecule has 3 N–H and O–H groups in total. The van der Waals surface area contributed by atoms with E-state index >= 15 is 0 Å². The van der Waals surface area contributed by atoms with Gasteiger partial charge in [-0.15, -0.1) is 0 Å². The number of aliphatic hydroxyl groups is 1. The molecule has 0 aliphatic rings. The molecule has 1 rings (SSSR count). The van der Waals surface area contributed by atoms with Crippen molar-refractivity contribution >= 4 is 0 Å². The van der Waals surface area contributed by atoms with E-state index in [0.29, 0.717) is 0 Å². The summed E-state index contributed by atoms with van der Waals surface area (Å²) in [5.74, 6) is 0.267. The number of nitrogens with two attached hydrogens (primary N) is 1. The molecule has 13 heavy (non-hydrogen) atoms. The quantitative estimate of drug-likeness (QED) is 0.732. The number of rotatable bonds is 3. The second kappa shape index (κ2) is 4.35. The zero-order chi connectivity index (χ0) is 9.84. The van der Waals surface area contributed by atoms with Crippen LogP contribution in [-0.2, 0) is 0 Å². The summed E-state index contributed by atoms with van der Waals surface area (Å²) in [6.45, 7) is 3.99. The fraction of sp³-hybridized carbons (Fsp3) is 0.500. The fourth-order valence-corrected chi connectivity index (χ4v) is 1.15. The summed E-state index contributed by atoms with van der Waals surface area (Å²) < 4.78 is 0. The summed E-state index contributed by atoms with van der Waals surface area (Å²) >= 11 is 0. The molecule has 2 unspecified atom stereocenters. The van der Waals surface area contributed by atoms with Crippen LogP contribution in [0, 0.1) is 5.92 Å². The van der Waals surface area contributed by atoms with Crippen molar-refractivity contribution in [3.8, 4) is 0 Å². The van der Waals surface area contributed by atoms with Crippen molar-refractivity contribution in [2.45, 2.75) is 26.0 Å². The van der Waals surface area contributed by atoms with Crippen molar-refractivity contribution in [2.75, 3.05) is 0 Å². The molecular weight excluding hydrogens is 164 g/mol. The maximum Gasteiger partial charge on any atom is 0.0944 e. The van der Waals surface area contributed by atoms with E-state index in [2.05, 4.69) is 4.98 Å². The first-order valence-corrected chi connectivity index (χ1v) is 4.46. The van der Waals surface area contributed by atoms with Gasteiger partial charge in [-0.25, -0.2) is 0 Å². The molecule has 72 valence electrons. The summed E-state index contributed by atoms with van der Waals surface area (Å²) in [6.07, 6.45) is 2.72. The Morgan fingerprint density at radius 3 is 2.31 bits per heavy atom. The minimum atomic E-state index is -0.594. The third kappa shape index (κ3) is 2.50. The lowest BCUT2D eigenvalue weighted by Crippen LogP contribution is -2.33. The third-order valence-corrected chi connectivity index (χ3v) is 2.18. The van der Waals surface area contributed by atoms with Crippen LogP contribution in [0.2, 0.25) is 0 Å². The number of aliphatic hydroxyl groups excluding tert-OH is 1. The van der Waals surface area contributed by atoms with Gasteiger partial charge in [-0.2, -0.15) is 0 Å². The summed E-state index contributed by atoms with van der Waals surface area (Å²) in [5, 5.41) is 9.81. The van der Waals surface area contributed by atoms with Gasteiger partial charge in [-0.3, -0.25) is 4.98 Å². The highest BCUT2D eigenvalue weighted by Gasteiger charge is 2.19. The van der Waals surface area contributed by atoms with Gasteiger partial charge in [0.2, 0.25) is 0 Å². The molecule has 0 aliphatic carbocycles. The van der Waals surface area contributed by atoms with Crippen LogP contribution < -0.4 is 5.73 Å². The van der Waals surface area contributed by atoms with Crippen LogP contribution >= 0.6 is 0 Å². The van der Waals surface area contributed by atoms with Gasteiger partial charge in [-0.05, 0) is 23.6 Å². The molecule has 0 saturated heterocycles. The third-order valence-electron chi connectivity index (χ3n) is 2.18. The standard InChI is InChI=1S/C10H16N2O/c1-7(2)9(11)10(13)8-3-5-12-6-4-8/h3-7,9-10,13H,11H2,1-2H3. The largest absolute Gasteiger partial charge is 0.387 e. The van der Waals surface area contributed by atoms with Crippen molar-refractivity contribution in [3.05, 3.63) is 30.1 Å². The summed E-state index contributed by atoms with van der Waals surface area (Å²) in [5.41, 5.74) is 6.65. The maximum atomic E-state index is 9.81. The lowest BCUT2D eigenvalue weighted by molar-refractivity contribution is 0.125. The molecule has 0 fully saturated rings. The van der Waals surface area contributed by atoms with Gasteiger partial charge < -0.3 is 10.8 Å². The average molecular weight is 180 g/mol. The van der Waals surface area contributed by atoms with Gasteiger partial charge in [0, 0.05) is 18.4 Å². The predicted octanol–water partition coefficient (Wildman–Crippen LogP) is 1.10. The molecular formula is C10H16N2O. The molecule has 3 heteroatoms. The van der Waals surface area contributed by atoms with Crippen molar-refractivity contribution in [1.82, 2.24) is 4.98 Å². The highest BCUT2D eigenvalue weighted by atomic mass is 16.3. The highest BCUT2D eigenvalue weighted by Crippen LogP contribution is 2.18. The minimum absolute atomic E-state index is 0.220. The number of hydrogen-bond acceptors (Lipinski definition) is 3. The van der Waals surface area contributed by atoms with E-state index in [1.165, 1.54) is 0 Å². The fourth-order valence-electron chi connectivity index (χ4n) is 1.15. The molecule has 1 heterocycles. The Balaban J connectivity index is 2.73. The zero-order valence-electron chi connectivity index (χ0n) is 8.01. The molecule has 0 saturated carbocycles. The van der Waals surface area contributed by atoms with Crippen LogP contribution in [0.15, 0.2) is 24.5 Å². The summed E-state index contributed by atoms with van der Waals surface area (Å²) in [7, 11) is 0. The van der Waals surface area contributed by atoms with Crippen LogP contribution in [0.25, 0.3) is 0 Å². The highest BCUT2D eigenvalue weighted by molar-refractivity contribution is 5.14. The Hall–Kier alpha value is -0.930. The second-order valence-electron chi connectivity index (χ2n) is 3.55. The Kier molecular flexibility index (Phi) is 3.39. The van der Waals surface area contributed by atoms with Crippen molar-refractivity contribution in [1.29, 1.82) is 0 Å². The van der Waals surface area contributed by atoms with Gasteiger partial charge in [0.05, 0.1) is 6.10 Å². The molecule has 1 aromatic heterocycles. The second-order valence-corrected chi connectivity index (χ2v) is 3.55. The van der Waals surface area contributed by atoms with E-state index < -0.39 is 6.10 Å². The van der Waals surface area contributed by atoms with Crippen LogP contribution in [0.4, 0.5) is 0 Å². The monoisotopic (exact) mass is 180 g/mol. The van der Waals surface area contributed by atoms with E-state index in [1.807, 2.05) is 13.8 Å². The Morgan fingerprint density at radius 1 is 1.31 bits per heavy atom. The SMILES string of the molecule is CC(C)C(N)C(O)c1ccncc1. The van der Waals surface area contributed by atoms with Gasteiger partial charge in [0.1, 0.15) is 0 Å². The Bertz CT molecular complexity index is 248. The smallest absolute Gasteiger partial charge is 0.0944 e. The normalized spacial score (nSPS) is 15.8. The number of nitrogens with zero attached hydrogens (tertiary/aromatic N) is 1. The van der Waals surface area contributed by atoms with E-state index in [9.17, 15) is 5.11 Å². The molecule has 0 spiro atoms. The van der Waals surface area contributed by atoms with Gasteiger partial charge in [-0.1, -0.05) is 13.8 Å². The summed E-state index contributed by atoms with van der Waals surface area (Å²) in [6, 6.07) is 3.35. The Morgan fingerprint density at radius 2 is 1.85 bits per heavy atom. The molecule has 0 aromatic carbocycles. The van der Waals surface area contributed by atoms with Crippen LogP contribution in [-0.4, -0.2) is 16.1 Å². The first kappa shape index (κ1) is 10.2. The van der Waals surface area contributed by atoms with E-state index in [4.69, 9.17) is 5.73 Å². The number of pyridine rings is 1. The minimum Gasteiger partial charge on any atom is -0.387 e. The van der Waals surface area contributed by atoms with Gasteiger partial charge in [0.25, 0.3) is 0 Å². The van der Waals surface area contributed by atoms with Crippen molar-refractivity contribution < 1.29 is 5.11 Å². The first-order valence-electron chi connectivity index (χ1n) is 4.46.